The van der Waals surface area contributed by atoms with Crippen molar-refractivity contribution in [3.05, 3.63) is 28.2 Å². The molecule has 0 saturated heterocycles. The van der Waals surface area contributed by atoms with Crippen molar-refractivity contribution in [2.45, 2.75) is 45.6 Å². The molecule has 2 rings (SSSR count). The van der Waals surface area contributed by atoms with E-state index in [4.69, 9.17) is 4.74 Å². The molecule has 0 spiro atoms. The molecule has 1 aromatic carbocycles. The number of carbonyl (C=O) groups excluding carboxylic acids is 1. The highest BCUT2D eigenvalue weighted by Crippen LogP contribution is 2.32. The Kier molecular flexibility index (Phi) is 5.46. The molecule has 3 nitrogen and oxygen atoms in total. The number of benzene rings is 1. The molecule has 0 aliphatic heterocycles. The number of nitrogens with one attached hydrogen (secondary N) is 1. The van der Waals surface area contributed by atoms with Gasteiger partial charge in [0, 0.05) is 16.2 Å². The van der Waals surface area contributed by atoms with Crippen LogP contribution in [0.3, 0.4) is 0 Å². The molecule has 0 bridgehead atoms. The van der Waals surface area contributed by atoms with Gasteiger partial charge in [-0.1, -0.05) is 19.3 Å². The number of ether oxygens (including phenoxy) is 1. The van der Waals surface area contributed by atoms with Gasteiger partial charge in [0.1, 0.15) is 0 Å². The largest absolute Gasteiger partial charge is 0.462 e. The van der Waals surface area contributed by atoms with Gasteiger partial charge in [-0.2, -0.15) is 0 Å². The van der Waals surface area contributed by atoms with E-state index < -0.39 is 0 Å². The molecule has 1 aromatic rings. The summed E-state index contributed by atoms with van der Waals surface area (Å²) in [6, 6.07) is 6.01. The number of anilines is 1. The highest BCUT2D eigenvalue weighted by molar-refractivity contribution is 9.10. The fourth-order valence-electron chi connectivity index (χ4n) is 2.53. The van der Waals surface area contributed by atoms with Crippen LogP contribution in [0.1, 0.15) is 49.9 Å². The van der Waals surface area contributed by atoms with Crippen LogP contribution in [0.25, 0.3) is 0 Å². The number of hydrogen-bond acceptors (Lipinski definition) is 3. The summed E-state index contributed by atoms with van der Waals surface area (Å²) in [5, 5.41) is 3.51. The monoisotopic (exact) mass is 339 g/mol. The Morgan fingerprint density at radius 3 is 2.80 bits per heavy atom. The van der Waals surface area contributed by atoms with Crippen LogP contribution < -0.4 is 5.32 Å². The second-order valence-electron chi connectivity index (χ2n) is 5.49. The molecule has 0 heterocycles. The fourth-order valence-corrected chi connectivity index (χ4v) is 3.02. The normalized spacial score (nSPS) is 16.4. The molecule has 110 valence electrons. The standard InChI is InChI=1S/C16H22BrNO2/c1-3-20-16(19)13-7-8-15(14(17)10-13)18-11(2)9-12-5-4-6-12/h7-8,10-12,18H,3-6,9H2,1-2H3. The van der Waals surface area contributed by atoms with E-state index in [1.54, 1.807) is 6.07 Å². The van der Waals surface area contributed by atoms with Crippen molar-refractivity contribution < 1.29 is 9.53 Å². The Bertz CT molecular complexity index is 472. The first-order valence-corrected chi connectivity index (χ1v) is 8.12. The first-order valence-electron chi connectivity index (χ1n) is 7.33. The van der Waals surface area contributed by atoms with E-state index in [-0.39, 0.29) is 5.97 Å². The summed E-state index contributed by atoms with van der Waals surface area (Å²) >= 11 is 3.52. The fraction of sp³-hybridized carbons (Fsp3) is 0.562. The van der Waals surface area contributed by atoms with E-state index in [9.17, 15) is 4.79 Å². The van der Waals surface area contributed by atoms with E-state index in [2.05, 4.69) is 28.2 Å². The van der Waals surface area contributed by atoms with Gasteiger partial charge in [0.15, 0.2) is 0 Å². The average Bonchev–Trinajstić information content (AvgIpc) is 2.36. The van der Waals surface area contributed by atoms with Crippen molar-refractivity contribution >= 4 is 27.6 Å². The van der Waals surface area contributed by atoms with Gasteiger partial charge < -0.3 is 10.1 Å². The summed E-state index contributed by atoms with van der Waals surface area (Å²) in [6.07, 6.45) is 5.34. The Hall–Kier alpha value is -1.03. The summed E-state index contributed by atoms with van der Waals surface area (Å²) in [4.78, 5) is 11.7. The number of rotatable bonds is 6. The van der Waals surface area contributed by atoms with Crippen molar-refractivity contribution in [1.29, 1.82) is 0 Å². The van der Waals surface area contributed by atoms with Crippen molar-refractivity contribution in [2.24, 2.45) is 5.92 Å². The molecule has 20 heavy (non-hydrogen) atoms. The predicted molar refractivity (Wildman–Crippen MR) is 85.1 cm³/mol. The number of esters is 1. The average molecular weight is 340 g/mol. The van der Waals surface area contributed by atoms with Crippen LogP contribution in [0.15, 0.2) is 22.7 Å². The van der Waals surface area contributed by atoms with Crippen LogP contribution in [0.4, 0.5) is 5.69 Å². The zero-order valence-electron chi connectivity index (χ0n) is 12.1. The molecule has 0 radical (unpaired) electrons. The maximum absolute atomic E-state index is 11.7. The second kappa shape index (κ2) is 7.11. The second-order valence-corrected chi connectivity index (χ2v) is 6.35. The Morgan fingerprint density at radius 2 is 2.25 bits per heavy atom. The lowest BCUT2D eigenvalue weighted by molar-refractivity contribution is 0.0526. The minimum Gasteiger partial charge on any atom is -0.462 e. The van der Waals surface area contributed by atoms with Gasteiger partial charge in [-0.3, -0.25) is 0 Å². The molecule has 0 aromatic heterocycles. The van der Waals surface area contributed by atoms with Crippen LogP contribution in [0.5, 0.6) is 0 Å². The third-order valence-corrected chi connectivity index (χ3v) is 4.45. The van der Waals surface area contributed by atoms with Crippen molar-refractivity contribution in [1.82, 2.24) is 0 Å². The van der Waals surface area contributed by atoms with Gasteiger partial charge in [0.25, 0.3) is 0 Å². The van der Waals surface area contributed by atoms with Crippen molar-refractivity contribution in [2.75, 3.05) is 11.9 Å². The van der Waals surface area contributed by atoms with Gasteiger partial charge >= 0.3 is 5.97 Å². The highest BCUT2D eigenvalue weighted by atomic mass is 79.9. The molecule has 1 fully saturated rings. The Balaban J connectivity index is 1.96. The highest BCUT2D eigenvalue weighted by Gasteiger charge is 2.20. The quantitative estimate of drug-likeness (QED) is 0.768. The van der Waals surface area contributed by atoms with Gasteiger partial charge in [0.05, 0.1) is 12.2 Å². The van der Waals surface area contributed by atoms with Crippen LogP contribution in [0, 0.1) is 5.92 Å². The Labute approximate surface area is 129 Å². The lowest BCUT2D eigenvalue weighted by Crippen LogP contribution is -2.23. The van der Waals surface area contributed by atoms with Gasteiger partial charge in [-0.05, 0) is 60.3 Å². The smallest absolute Gasteiger partial charge is 0.338 e. The van der Waals surface area contributed by atoms with E-state index in [0.29, 0.717) is 18.2 Å². The third-order valence-electron chi connectivity index (χ3n) is 3.79. The molecule has 1 unspecified atom stereocenters. The van der Waals surface area contributed by atoms with Crippen molar-refractivity contribution in [3.63, 3.8) is 0 Å². The topological polar surface area (TPSA) is 38.3 Å². The van der Waals surface area contributed by atoms with E-state index in [1.165, 1.54) is 25.7 Å². The first-order chi connectivity index (χ1) is 9.60. The van der Waals surface area contributed by atoms with Crippen LogP contribution in [-0.4, -0.2) is 18.6 Å². The number of halogens is 1. The lowest BCUT2D eigenvalue weighted by Gasteiger charge is -2.29. The molecule has 4 heteroatoms. The van der Waals surface area contributed by atoms with Gasteiger partial charge in [-0.15, -0.1) is 0 Å². The van der Waals surface area contributed by atoms with Crippen molar-refractivity contribution in [3.8, 4) is 0 Å². The van der Waals surface area contributed by atoms with E-state index >= 15 is 0 Å². The van der Waals surface area contributed by atoms with E-state index in [1.807, 2.05) is 19.1 Å². The summed E-state index contributed by atoms with van der Waals surface area (Å²) in [6.45, 7) is 4.42. The van der Waals surface area contributed by atoms with Crippen LogP contribution in [0.2, 0.25) is 0 Å². The SMILES string of the molecule is CCOC(=O)c1ccc(NC(C)CC2CCC2)c(Br)c1. The minimum absolute atomic E-state index is 0.276. The molecule has 1 N–H and O–H groups in total. The molecule has 1 aliphatic carbocycles. The maximum Gasteiger partial charge on any atom is 0.338 e. The first kappa shape index (κ1) is 15.4. The third kappa shape index (κ3) is 3.98. The van der Waals surface area contributed by atoms with Gasteiger partial charge in [-0.25, -0.2) is 4.79 Å². The zero-order chi connectivity index (χ0) is 14.5. The summed E-state index contributed by atoms with van der Waals surface area (Å²) < 4.78 is 5.90. The summed E-state index contributed by atoms with van der Waals surface area (Å²) in [5.74, 6) is 0.609. The van der Waals surface area contributed by atoms with E-state index in [0.717, 1.165) is 16.1 Å². The zero-order valence-corrected chi connectivity index (χ0v) is 13.7. The molecule has 1 atom stereocenters. The van der Waals surface area contributed by atoms with Crippen LogP contribution >= 0.6 is 15.9 Å². The van der Waals surface area contributed by atoms with Crippen LogP contribution in [-0.2, 0) is 4.74 Å². The van der Waals surface area contributed by atoms with Gasteiger partial charge in [0.2, 0.25) is 0 Å². The number of carbonyl (C=O) groups is 1. The minimum atomic E-state index is -0.276. The molecular formula is C16H22BrNO2. The summed E-state index contributed by atoms with van der Waals surface area (Å²) in [5.41, 5.74) is 1.61. The lowest BCUT2D eigenvalue weighted by atomic mass is 9.81. The summed E-state index contributed by atoms with van der Waals surface area (Å²) in [7, 11) is 0. The predicted octanol–water partition coefficient (Wildman–Crippen LogP) is 4.62. The molecule has 1 saturated carbocycles. The molecule has 1 aliphatic rings. The maximum atomic E-state index is 11.7. The number of hydrogen-bond donors (Lipinski definition) is 1. The molecular weight excluding hydrogens is 318 g/mol. The Morgan fingerprint density at radius 1 is 1.50 bits per heavy atom. The molecule has 0 amide bonds.